The number of carbonyl (C=O) groups excluding carboxylic acids is 1. The molecule has 2 aliphatic rings. The lowest BCUT2D eigenvalue weighted by Crippen LogP contribution is -2.34. The van der Waals surface area contributed by atoms with Crippen LogP contribution in [0.15, 0.2) is 36.2 Å². The number of carbonyl (C=O) groups is 1. The largest absolute Gasteiger partial charge is 0.497 e. The van der Waals surface area contributed by atoms with Gasteiger partial charge >= 0.3 is 0 Å². The van der Waals surface area contributed by atoms with E-state index in [1.54, 1.807) is 14.2 Å². The van der Waals surface area contributed by atoms with Gasteiger partial charge in [0.15, 0.2) is 5.76 Å². The number of methoxy groups -OCH3 is 2. The number of Topliss-reactive ketones (excluding diaryl/α,β-unsaturated/α-hetero) is 1. The normalized spacial score (nSPS) is 16.6. The van der Waals surface area contributed by atoms with Crippen LogP contribution in [-0.2, 0) is 17.8 Å². The minimum Gasteiger partial charge on any atom is -0.497 e. The topological polar surface area (TPSA) is 62.2 Å². The van der Waals surface area contributed by atoms with E-state index in [2.05, 4.69) is 16.4 Å². The molecule has 1 aromatic heterocycles. The molecule has 0 spiro atoms. The van der Waals surface area contributed by atoms with Gasteiger partial charge in [0.05, 0.1) is 19.3 Å². The molecule has 7 heteroatoms. The van der Waals surface area contributed by atoms with Crippen molar-refractivity contribution < 1.29 is 23.7 Å². The molecule has 0 atom stereocenters. The van der Waals surface area contributed by atoms with Crippen LogP contribution in [-0.4, -0.2) is 49.4 Å². The molecule has 5 rings (SSSR count). The Hall–Kier alpha value is -3.29. The van der Waals surface area contributed by atoms with Gasteiger partial charge in [0.1, 0.15) is 24.0 Å². The van der Waals surface area contributed by atoms with Crippen LogP contribution >= 0.6 is 0 Å². The van der Waals surface area contributed by atoms with Crippen LogP contribution in [0.1, 0.15) is 34.0 Å². The number of nitrogens with zero attached hydrogens (tertiary/aromatic N) is 2. The number of benzene rings is 2. The third-order valence-corrected chi connectivity index (χ3v) is 6.36. The summed E-state index contributed by atoms with van der Waals surface area (Å²) in [5, 5.41) is 1.02. The van der Waals surface area contributed by atoms with Crippen LogP contribution in [0.2, 0.25) is 0 Å². The first-order valence-corrected chi connectivity index (χ1v) is 11.2. The number of ether oxygens (including phenoxy) is 4. The standard InChI is InChI=1S/C26H28N2O5/c1-5-28-14-17(20-12-19(31-4)6-7-22(20)28)11-23-24(29)21-10-18-13-27(8-9-30-3)15-32-25(18)16(2)26(21)33-23/h6-7,10-12,14H,5,8-9,13,15H2,1-4H3/b23-11-. The van der Waals surface area contributed by atoms with Crippen molar-refractivity contribution in [3.8, 4) is 17.2 Å². The Kier molecular flexibility index (Phi) is 5.60. The van der Waals surface area contributed by atoms with E-state index in [1.165, 1.54) is 0 Å². The lowest BCUT2D eigenvalue weighted by Gasteiger charge is -2.30. The molecular weight excluding hydrogens is 420 g/mol. The molecule has 0 bridgehead atoms. The second-order valence-electron chi connectivity index (χ2n) is 8.38. The number of aryl methyl sites for hydroxylation is 1. The van der Waals surface area contributed by atoms with Crippen molar-refractivity contribution in [2.75, 3.05) is 34.1 Å². The summed E-state index contributed by atoms with van der Waals surface area (Å²) in [6.07, 6.45) is 3.88. The Morgan fingerprint density at radius 2 is 2.03 bits per heavy atom. The molecule has 0 amide bonds. The summed E-state index contributed by atoms with van der Waals surface area (Å²) >= 11 is 0. The van der Waals surface area contributed by atoms with Crippen LogP contribution in [0, 0.1) is 6.92 Å². The predicted octanol–water partition coefficient (Wildman–Crippen LogP) is 4.39. The van der Waals surface area contributed by atoms with Gasteiger partial charge in [-0.2, -0.15) is 0 Å². The Balaban J connectivity index is 1.52. The van der Waals surface area contributed by atoms with E-state index in [0.717, 1.165) is 52.2 Å². The number of hydrogen-bond donors (Lipinski definition) is 0. The molecule has 0 unspecified atom stereocenters. The fourth-order valence-corrected chi connectivity index (χ4v) is 4.61. The molecule has 0 saturated carbocycles. The Bertz CT molecular complexity index is 1270. The minimum absolute atomic E-state index is 0.106. The molecule has 0 N–H and O–H groups in total. The average Bonchev–Trinajstić information content (AvgIpc) is 3.35. The maximum Gasteiger partial charge on any atom is 0.231 e. The van der Waals surface area contributed by atoms with Crippen molar-refractivity contribution in [2.45, 2.75) is 26.9 Å². The maximum absolute atomic E-state index is 13.3. The first kappa shape index (κ1) is 21.6. The molecule has 0 radical (unpaired) electrons. The van der Waals surface area contributed by atoms with Gasteiger partial charge in [0.25, 0.3) is 0 Å². The van der Waals surface area contributed by atoms with E-state index in [9.17, 15) is 4.79 Å². The van der Waals surface area contributed by atoms with Crippen LogP contribution in [0.5, 0.6) is 17.2 Å². The lowest BCUT2D eigenvalue weighted by molar-refractivity contribution is 0.0649. The van der Waals surface area contributed by atoms with Crippen molar-refractivity contribution in [1.29, 1.82) is 0 Å². The van der Waals surface area contributed by atoms with Gasteiger partial charge in [-0.15, -0.1) is 0 Å². The molecule has 0 aliphatic carbocycles. The van der Waals surface area contributed by atoms with Gasteiger partial charge in [-0.05, 0) is 44.2 Å². The zero-order chi connectivity index (χ0) is 23.1. The quantitative estimate of drug-likeness (QED) is 0.521. The molecule has 2 aromatic carbocycles. The Labute approximate surface area is 193 Å². The first-order chi connectivity index (χ1) is 16.0. The summed E-state index contributed by atoms with van der Waals surface area (Å²) in [6.45, 7) is 7.47. The minimum atomic E-state index is -0.106. The molecule has 2 aliphatic heterocycles. The number of aromatic nitrogens is 1. The third kappa shape index (κ3) is 3.67. The van der Waals surface area contributed by atoms with Gasteiger partial charge in [-0.1, -0.05) is 0 Å². The van der Waals surface area contributed by atoms with Gasteiger partial charge in [0, 0.05) is 60.5 Å². The van der Waals surface area contributed by atoms with Gasteiger partial charge in [-0.25, -0.2) is 0 Å². The highest BCUT2D eigenvalue weighted by atomic mass is 16.5. The van der Waals surface area contributed by atoms with E-state index in [0.29, 0.717) is 37.0 Å². The molecule has 0 fully saturated rings. The van der Waals surface area contributed by atoms with E-state index in [1.807, 2.05) is 43.5 Å². The number of rotatable bonds is 6. The molecular formula is C26H28N2O5. The average molecular weight is 449 g/mol. The Morgan fingerprint density at radius 1 is 1.18 bits per heavy atom. The smallest absolute Gasteiger partial charge is 0.231 e. The Morgan fingerprint density at radius 3 is 2.79 bits per heavy atom. The van der Waals surface area contributed by atoms with Crippen molar-refractivity contribution in [2.24, 2.45) is 0 Å². The highest BCUT2D eigenvalue weighted by Crippen LogP contribution is 2.43. The number of hydrogen-bond acceptors (Lipinski definition) is 6. The summed E-state index contributed by atoms with van der Waals surface area (Å²) in [4.78, 5) is 15.5. The summed E-state index contributed by atoms with van der Waals surface area (Å²) in [7, 11) is 3.34. The van der Waals surface area contributed by atoms with Gasteiger partial charge < -0.3 is 23.5 Å². The zero-order valence-corrected chi connectivity index (χ0v) is 19.4. The lowest BCUT2D eigenvalue weighted by atomic mass is 10.00. The van der Waals surface area contributed by atoms with Crippen LogP contribution in [0.25, 0.3) is 17.0 Å². The van der Waals surface area contributed by atoms with Gasteiger partial charge in [0.2, 0.25) is 5.78 Å². The molecule has 7 nitrogen and oxygen atoms in total. The summed E-state index contributed by atoms with van der Waals surface area (Å²) in [5.41, 5.74) is 4.46. The third-order valence-electron chi connectivity index (χ3n) is 6.36. The molecule has 172 valence electrons. The van der Waals surface area contributed by atoms with E-state index in [-0.39, 0.29) is 5.78 Å². The van der Waals surface area contributed by atoms with Crippen LogP contribution in [0.3, 0.4) is 0 Å². The van der Waals surface area contributed by atoms with Crippen LogP contribution < -0.4 is 14.2 Å². The van der Waals surface area contributed by atoms with Crippen molar-refractivity contribution in [3.63, 3.8) is 0 Å². The number of allylic oxidation sites excluding steroid dienone is 1. The van der Waals surface area contributed by atoms with Crippen molar-refractivity contribution in [1.82, 2.24) is 9.47 Å². The highest BCUT2D eigenvalue weighted by Gasteiger charge is 2.33. The number of ketones is 1. The summed E-state index contributed by atoms with van der Waals surface area (Å²) < 4.78 is 24.9. The molecule has 3 heterocycles. The van der Waals surface area contributed by atoms with E-state index < -0.39 is 0 Å². The number of fused-ring (bicyclic) bond motifs is 3. The first-order valence-electron chi connectivity index (χ1n) is 11.2. The molecule has 33 heavy (non-hydrogen) atoms. The van der Waals surface area contributed by atoms with E-state index in [4.69, 9.17) is 18.9 Å². The SMILES string of the molecule is CCn1cc(/C=C2\Oc3c(cc4c(c3C)OCN(CCOC)C4)C2=O)c2cc(OC)ccc21. The van der Waals surface area contributed by atoms with Crippen LogP contribution in [0.4, 0.5) is 0 Å². The second kappa shape index (κ2) is 8.57. The summed E-state index contributed by atoms with van der Waals surface area (Å²) in [6, 6.07) is 7.89. The van der Waals surface area contributed by atoms with E-state index >= 15 is 0 Å². The predicted molar refractivity (Wildman–Crippen MR) is 126 cm³/mol. The van der Waals surface area contributed by atoms with Gasteiger partial charge in [-0.3, -0.25) is 9.69 Å². The van der Waals surface area contributed by atoms with Crippen molar-refractivity contribution in [3.05, 3.63) is 58.5 Å². The fourth-order valence-electron chi connectivity index (χ4n) is 4.61. The second-order valence-corrected chi connectivity index (χ2v) is 8.38. The fraction of sp³-hybridized carbons (Fsp3) is 0.346. The monoisotopic (exact) mass is 448 g/mol. The highest BCUT2D eigenvalue weighted by molar-refractivity contribution is 6.15. The zero-order valence-electron chi connectivity index (χ0n) is 19.4. The molecule has 0 saturated heterocycles. The summed E-state index contributed by atoms with van der Waals surface area (Å²) in [5.74, 6) is 2.39. The van der Waals surface area contributed by atoms with Crippen molar-refractivity contribution >= 4 is 22.8 Å². The maximum atomic E-state index is 13.3. The molecule has 3 aromatic rings.